The van der Waals surface area contributed by atoms with Crippen molar-refractivity contribution in [2.75, 3.05) is 0 Å². The van der Waals surface area contributed by atoms with Gasteiger partial charge in [0.05, 0.1) is 0 Å². The van der Waals surface area contributed by atoms with Crippen molar-refractivity contribution in [2.45, 2.75) is 27.2 Å². The Kier molecular flexibility index (Phi) is 15.0. The molecule has 0 saturated carbocycles. The van der Waals surface area contributed by atoms with E-state index in [4.69, 9.17) is 0 Å². The van der Waals surface area contributed by atoms with Crippen molar-refractivity contribution in [3.8, 4) is 0 Å². The second-order valence-electron chi connectivity index (χ2n) is 3.32. The molecule has 1 aliphatic rings. The Hall–Kier alpha value is -0.617. The second-order valence-corrected chi connectivity index (χ2v) is 3.32. The van der Waals surface area contributed by atoms with Crippen LogP contribution < -0.4 is 0 Å². The summed E-state index contributed by atoms with van der Waals surface area (Å²) in [5, 5.41) is 0. The number of nitrogens with one attached hydrogen (secondary N) is 1. The van der Waals surface area contributed by atoms with E-state index < -0.39 is 0 Å². The minimum absolute atomic E-state index is 0. The van der Waals surface area contributed by atoms with Crippen LogP contribution in [-0.4, -0.2) is 4.98 Å². The summed E-state index contributed by atoms with van der Waals surface area (Å²) in [4.78, 5) is 2.74. The number of hydrogen-bond donors (Lipinski definition) is 1. The van der Waals surface area contributed by atoms with Gasteiger partial charge in [-0.25, -0.2) is 12.2 Å². The molecule has 2 rings (SSSR count). The van der Waals surface area contributed by atoms with Crippen LogP contribution in [0.2, 0.25) is 0 Å². The van der Waals surface area contributed by atoms with Gasteiger partial charge in [0.1, 0.15) is 0 Å². The average Bonchev–Trinajstić information content (AvgIpc) is 2.83. The van der Waals surface area contributed by atoms with E-state index in [1.165, 1.54) is 5.92 Å². The van der Waals surface area contributed by atoms with Gasteiger partial charge in [0.25, 0.3) is 0 Å². The van der Waals surface area contributed by atoms with E-state index in [2.05, 4.69) is 44.1 Å². The zero-order valence-electron chi connectivity index (χ0n) is 9.52. The molecule has 2 heteroatoms. The van der Waals surface area contributed by atoms with Gasteiger partial charge >= 0.3 is 19.5 Å². The first-order chi connectivity index (χ1) is 6.73. The zero-order chi connectivity index (χ0) is 10.6. The molecule has 0 saturated heterocycles. The summed E-state index contributed by atoms with van der Waals surface area (Å²) < 4.78 is 0. The Bertz CT molecular complexity index is 205. The molecule has 0 aromatic carbocycles. The fourth-order valence-corrected chi connectivity index (χ4v) is 0.581. The van der Waals surface area contributed by atoms with Crippen LogP contribution in [0.1, 0.15) is 27.2 Å². The molecule has 0 amide bonds. The van der Waals surface area contributed by atoms with Gasteiger partial charge in [0, 0.05) is 0 Å². The SMILES string of the molecule is C[C-](C)C.[C-]1=CC=CC1.[Ru+3].[c-]1ccc[nH]1. The van der Waals surface area contributed by atoms with E-state index in [9.17, 15) is 0 Å². The molecule has 1 heterocycles. The topological polar surface area (TPSA) is 15.8 Å². The van der Waals surface area contributed by atoms with Crippen LogP contribution in [0.5, 0.6) is 0 Å². The first kappa shape index (κ1) is 16.8. The van der Waals surface area contributed by atoms with Gasteiger partial charge < -0.3 is 10.9 Å². The number of H-pyrrole nitrogens is 1. The predicted octanol–water partition coefficient (Wildman–Crippen LogP) is 3.74. The Labute approximate surface area is 106 Å². The number of allylic oxidation sites excluding steroid dienone is 4. The average molecular weight is 289 g/mol. The van der Waals surface area contributed by atoms with Gasteiger partial charge in [0.15, 0.2) is 0 Å². The molecule has 15 heavy (non-hydrogen) atoms. The van der Waals surface area contributed by atoms with Gasteiger partial charge in [-0.2, -0.15) is 45.2 Å². The summed E-state index contributed by atoms with van der Waals surface area (Å²) >= 11 is 0. The first-order valence-electron chi connectivity index (χ1n) is 4.71. The Morgan fingerprint density at radius 1 is 1.27 bits per heavy atom. The number of hydrogen-bond acceptors (Lipinski definition) is 0. The third-order valence-corrected chi connectivity index (χ3v) is 1.03. The molecular formula is C13H18NRu. The number of rotatable bonds is 0. The molecule has 0 spiro atoms. The molecule has 1 aliphatic carbocycles. The predicted molar refractivity (Wildman–Crippen MR) is 61.5 cm³/mol. The number of aromatic nitrogens is 1. The number of aromatic amines is 1. The van der Waals surface area contributed by atoms with Gasteiger partial charge in [-0.05, 0) is 0 Å². The third kappa shape index (κ3) is 19.7. The molecule has 0 unspecified atom stereocenters. The van der Waals surface area contributed by atoms with E-state index in [0.29, 0.717) is 0 Å². The summed E-state index contributed by atoms with van der Waals surface area (Å²) in [6.45, 7) is 6.25. The fourth-order valence-electron chi connectivity index (χ4n) is 0.581. The maximum absolute atomic E-state index is 2.99. The molecule has 0 aliphatic heterocycles. The van der Waals surface area contributed by atoms with Gasteiger partial charge in [0.2, 0.25) is 0 Å². The van der Waals surface area contributed by atoms with Crippen molar-refractivity contribution in [2.24, 2.45) is 0 Å². The summed E-state index contributed by atoms with van der Waals surface area (Å²) in [5.41, 5.74) is 0. The van der Waals surface area contributed by atoms with Crippen molar-refractivity contribution in [3.05, 3.63) is 54.7 Å². The third-order valence-electron chi connectivity index (χ3n) is 1.03. The van der Waals surface area contributed by atoms with Crippen molar-refractivity contribution < 1.29 is 19.5 Å². The molecular weight excluding hydrogens is 271 g/mol. The van der Waals surface area contributed by atoms with Crippen molar-refractivity contribution in [1.29, 1.82) is 0 Å². The molecule has 1 aromatic rings. The Morgan fingerprint density at radius 3 is 2.07 bits per heavy atom. The van der Waals surface area contributed by atoms with Crippen LogP contribution in [0.25, 0.3) is 0 Å². The van der Waals surface area contributed by atoms with E-state index in [1.807, 2.05) is 30.5 Å². The molecule has 0 atom stereocenters. The molecule has 1 aromatic heterocycles. The molecule has 1 N–H and O–H groups in total. The first-order valence-corrected chi connectivity index (χ1v) is 4.71. The maximum Gasteiger partial charge on any atom is 3.00 e. The maximum atomic E-state index is 2.99. The van der Waals surface area contributed by atoms with Crippen molar-refractivity contribution in [1.82, 2.24) is 4.98 Å². The van der Waals surface area contributed by atoms with Crippen molar-refractivity contribution >= 4 is 0 Å². The molecule has 1 nitrogen and oxygen atoms in total. The summed E-state index contributed by atoms with van der Waals surface area (Å²) in [6, 6.07) is 3.71. The summed E-state index contributed by atoms with van der Waals surface area (Å²) in [7, 11) is 0. The van der Waals surface area contributed by atoms with Gasteiger partial charge in [-0.15, -0.1) is 12.6 Å². The summed E-state index contributed by atoms with van der Waals surface area (Å²) in [5.74, 6) is 1.42. The van der Waals surface area contributed by atoms with E-state index in [-0.39, 0.29) is 19.5 Å². The summed E-state index contributed by atoms with van der Waals surface area (Å²) in [6.07, 6.45) is 14.6. The second kappa shape index (κ2) is 13.4. The Balaban J connectivity index is 0. The van der Waals surface area contributed by atoms with Crippen LogP contribution in [0.3, 0.4) is 0 Å². The van der Waals surface area contributed by atoms with E-state index in [0.717, 1.165) is 6.42 Å². The van der Waals surface area contributed by atoms with E-state index >= 15 is 0 Å². The van der Waals surface area contributed by atoms with Crippen LogP contribution in [0.15, 0.2) is 36.6 Å². The van der Waals surface area contributed by atoms with Crippen LogP contribution in [0.4, 0.5) is 0 Å². The minimum atomic E-state index is 0. The minimum Gasteiger partial charge on any atom is -0.484 e. The molecule has 83 valence electrons. The smallest absolute Gasteiger partial charge is 0.484 e. The largest absolute Gasteiger partial charge is 3.00 e. The standard InChI is InChI=1S/C5H5.C4H4N.C4H9.Ru/c2*1-2-4-5-3-1;1-4(2)3;/h1-3H,4H2;1-3,5H;1-3H3;/q3*-1;+3. The molecule has 0 bridgehead atoms. The van der Waals surface area contributed by atoms with Crippen LogP contribution in [-0.2, 0) is 19.5 Å². The normalized spacial score (nSPS) is 10.9. The molecule has 0 fully saturated rings. The molecule has 1 radical (unpaired) electrons. The fraction of sp³-hybridized carbons (Fsp3) is 0.308. The van der Waals surface area contributed by atoms with Crippen LogP contribution >= 0.6 is 0 Å². The van der Waals surface area contributed by atoms with E-state index in [1.54, 1.807) is 0 Å². The Morgan fingerprint density at radius 2 is 1.93 bits per heavy atom. The quantitative estimate of drug-likeness (QED) is 0.553. The van der Waals surface area contributed by atoms with Crippen molar-refractivity contribution in [3.63, 3.8) is 0 Å². The van der Waals surface area contributed by atoms with Gasteiger partial charge in [-0.3, -0.25) is 6.08 Å². The monoisotopic (exact) mass is 290 g/mol. The van der Waals surface area contributed by atoms with Gasteiger partial charge in [-0.1, -0.05) is 0 Å². The zero-order valence-corrected chi connectivity index (χ0v) is 11.3. The van der Waals surface area contributed by atoms with Crippen LogP contribution in [0, 0.1) is 18.2 Å².